The molecular weight excluding hydrogens is 412 g/mol. The van der Waals surface area contributed by atoms with Gasteiger partial charge in [0.15, 0.2) is 0 Å². The minimum Gasteiger partial charge on any atom is -0.444 e. The van der Waals surface area contributed by atoms with Gasteiger partial charge in [-0.3, -0.25) is 10.1 Å². The van der Waals surface area contributed by atoms with Crippen LogP contribution in [0.1, 0.15) is 43.7 Å². The highest BCUT2D eigenvalue weighted by Gasteiger charge is 2.19. The zero-order chi connectivity index (χ0) is 23.1. The number of fused-ring (bicyclic) bond motifs is 1. The lowest BCUT2D eigenvalue weighted by atomic mass is 10.2. The Kier molecular flexibility index (Phi) is 7.55. The molecule has 0 fully saturated rings. The predicted octanol–water partition coefficient (Wildman–Crippen LogP) is 4.17. The van der Waals surface area contributed by atoms with Crippen LogP contribution in [0.15, 0.2) is 42.5 Å². The number of benzene rings is 1. The van der Waals surface area contributed by atoms with Crippen molar-refractivity contribution in [2.24, 2.45) is 0 Å². The molecule has 0 aliphatic heterocycles. The first-order chi connectivity index (χ1) is 15.2. The summed E-state index contributed by atoms with van der Waals surface area (Å²) in [5, 5.41) is 6.93. The van der Waals surface area contributed by atoms with Crippen LogP contribution in [0.2, 0.25) is 0 Å². The molecule has 2 aromatic heterocycles. The van der Waals surface area contributed by atoms with Gasteiger partial charge in [-0.05, 0) is 38.5 Å². The smallest absolute Gasteiger partial charge is 0.413 e. The second-order valence-electron chi connectivity index (χ2n) is 8.16. The van der Waals surface area contributed by atoms with Crippen LogP contribution in [-0.4, -0.2) is 45.6 Å². The zero-order valence-electron chi connectivity index (χ0n) is 18.8. The van der Waals surface area contributed by atoms with Gasteiger partial charge in [-0.25, -0.2) is 9.78 Å². The fraction of sp³-hybridized carbons (Fsp3) is 0.391. The summed E-state index contributed by atoms with van der Waals surface area (Å²) in [5.74, 6) is 0.0457. The Labute approximate surface area is 186 Å². The molecule has 0 bridgehead atoms. The number of ether oxygens (including phenoxy) is 3. The van der Waals surface area contributed by atoms with E-state index in [0.717, 1.165) is 5.56 Å². The molecule has 0 aliphatic carbocycles. The van der Waals surface area contributed by atoms with E-state index in [2.05, 4.69) is 15.4 Å². The van der Waals surface area contributed by atoms with E-state index in [1.54, 1.807) is 32.9 Å². The molecule has 3 rings (SSSR count). The SMILES string of the molecule is CC(=O)n1nc(COCCOCc2ccccc2)c2nc(NC(=O)OC(C)(C)C)ccc21. The summed E-state index contributed by atoms with van der Waals surface area (Å²) in [6.45, 7) is 8.18. The first-order valence-corrected chi connectivity index (χ1v) is 10.3. The van der Waals surface area contributed by atoms with Gasteiger partial charge in [0.1, 0.15) is 22.6 Å². The maximum Gasteiger partial charge on any atom is 0.413 e. The van der Waals surface area contributed by atoms with E-state index in [9.17, 15) is 9.59 Å². The van der Waals surface area contributed by atoms with Gasteiger partial charge in [0.05, 0.1) is 31.9 Å². The van der Waals surface area contributed by atoms with Crippen LogP contribution in [0, 0.1) is 0 Å². The van der Waals surface area contributed by atoms with E-state index in [1.807, 2.05) is 30.3 Å². The highest BCUT2D eigenvalue weighted by atomic mass is 16.6. The van der Waals surface area contributed by atoms with Gasteiger partial charge in [-0.2, -0.15) is 9.78 Å². The van der Waals surface area contributed by atoms with Crippen molar-refractivity contribution >= 4 is 28.9 Å². The summed E-state index contributed by atoms with van der Waals surface area (Å²) >= 11 is 0. The Bertz CT molecular complexity index is 1070. The topological polar surface area (TPSA) is 105 Å². The molecule has 170 valence electrons. The number of anilines is 1. The number of nitrogens with zero attached hydrogens (tertiary/aromatic N) is 3. The van der Waals surface area contributed by atoms with E-state index in [1.165, 1.54) is 11.6 Å². The van der Waals surface area contributed by atoms with Crippen molar-refractivity contribution in [3.63, 3.8) is 0 Å². The maximum atomic E-state index is 12.1. The quantitative estimate of drug-likeness (QED) is 0.524. The van der Waals surface area contributed by atoms with Gasteiger partial charge < -0.3 is 14.2 Å². The van der Waals surface area contributed by atoms with Crippen LogP contribution in [0.3, 0.4) is 0 Å². The van der Waals surface area contributed by atoms with E-state index < -0.39 is 11.7 Å². The van der Waals surface area contributed by atoms with Crippen molar-refractivity contribution in [3.8, 4) is 0 Å². The third-order valence-corrected chi connectivity index (χ3v) is 4.25. The Hall–Kier alpha value is -3.30. The first-order valence-electron chi connectivity index (χ1n) is 10.3. The van der Waals surface area contributed by atoms with Gasteiger partial charge in [0, 0.05) is 6.92 Å². The molecule has 1 amide bonds. The number of aromatic nitrogens is 3. The second kappa shape index (κ2) is 10.3. The molecule has 2 heterocycles. The van der Waals surface area contributed by atoms with Crippen LogP contribution in [-0.2, 0) is 27.4 Å². The number of pyridine rings is 1. The standard InChI is InChI=1S/C23H28N4O5/c1-16(28)27-19-10-11-20(25-22(29)32-23(2,3)4)24-21(19)18(26-27)15-31-13-12-30-14-17-8-6-5-7-9-17/h5-11H,12-15H2,1-4H3,(H,24,25,29). The Morgan fingerprint density at radius 3 is 2.34 bits per heavy atom. The van der Waals surface area contributed by atoms with Crippen LogP contribution in [0.5, 0.6) is 0 Å². The lowest BCUT2D eigenvalue weighted by molar-refractivity contribution is 0.0330. The molecule has 1 aromatic carbocycles. The van der Waals surface area contributed by atoms with Crippen molar-refractivity contribution in [2.75, 3.05) is 18.5 Å². The lowest BCUT2D eigenvalue weighted by Gasteiger charge is -2.19. The molecule has 0 spiro atoms. The lowest BCUT2D eigenvalue weighted by Crippen LogP contribution is -2.27. The molecular formula is C23H28N4O5. The zero-order valence-corrected chi connectivity index (χ0v) is 18.8. The van der Waals surface area contributed by atoms with E-state index in [4.69, 9.17) is 14.2 Å². The number of hydrogen-bond acceptors (Lipinski definition) is 7. The third-order valence-electron chi connectivity index (χ3n) is 4.25. The summed E-state index contributed by atoms with van der Waals surface area (Å²) in [6, 6.07) is 13.1. The molecule has 3 aromatic rings. The number of carbonyl (C=O) groups is 2. The van der Waals surface area contributed by atoms with Crippen molar-refractivity contribution in [1.82, 2.24) is 14.8 Å². The van der Waals surface area contributed by atoms with Crippen LogP contribution in [0.25, 0.3) is 11.0 Å². The molecule has 0 saturated heterocycles. The van der Waals surface area contributed by atoms with Gasteiger partial charge >= 0.3 is 6.09 Å². The minimum absolute atomic E-state index is 0.147. The summed E-state index contributed by atoms with van der Waals surface area (Å²) in [4.78, 5) is 28.5. The van der Waals surface area contributed by atoms with E-state index in [0.29, 0.717) is 42.4 Å². The molecule has 1 N–H and O–H groups in total. The highest BCUT2D eigenvalue weighted by Crippen LogP contribution is 2.21. The Morgan fingerprint density at radius 1 is 1.00 bits per heavy atom. The van der Waals surface area contributed by atoms with Crippen molar-refractivity contribution < 1.29 is 23.8 Å². The number of carbonyl (C=O) groups excluding carboxylic acids is 2. The summed E-state index contributed by atoms with van der Waals surface area (Å²) in [6.07, 6.45) is -0.614. The molecule has 9 heteroatoms. The van der Waals surface area contributed by atoms with Gasteiger partial charge in [0.2, 0.25) is 5.91 Å². The van der Waals surface area contributed by atoms with Gasteiger partial charge in [0.25, 0.3) is 0 Å². The Morgan fingerprint density at radius 2 is 1.69 bits per heavy atom. The molecule has 32 heavy (non-hydrogen) atoms. The van der Waals surface area contributed by atoms with Crippen LogP contribution < -0.4 is 5.32 Å². The maximum absolute atomic E-state index is 12.1. The first kappa shape index (κ1) is 23.4. The monoisotopic (exact) mass is 440 g/mol. The number of hydrogen-bond donors (Lipinski definition) is 1. The van der Waals surface area contributed by atoms with Crippen molar-refractivity contribution in [1.29, 1.82) is 0 Å². The summed E-state index contributed by atoms with van der Waals surface area (Å²) in [7, 11) is 0. The fourth-order valence-electron chi connectivity index (χ4n) is 2.92. The third kappa shape index (κ3) is 6.60. The summed E-state index contributed by atoms with van der Waals surface area (Å²) < 4.78 is 17.8. The fourth-order valence-corrected chi connectivity index (χ4v) is 2.92. The van der Waals surface area contributed by atoms with Crippen molar-refractivity contribution in [3.05, 3.63) is 53.7 Å². The predicted molar refractivity (Wildman–Crippen MR) is 119 cm³/mol. The number of rotatable bonds is 8. The average molecular weight is 441 g/mol. The molecule has 0 aliphatic rings. The van der Waals surface area contributed by atoms with Crippen LogP contribution in [0.4, 0.5) is 10.6 Å². The molecule has 9 nitrogen and oxygen atoms in total. The number of amides is 1. The molecule has 0 unspecified atom stereocenters. The normalized spacial score (nSPS) is 11.5. The van der Waals surface area contributed by atoms with Gasteiger partial charge in [-0.15, -0.1) is 0 Å². The van der Waals surface area contributed by atoms with E-state index in [-0.39, 0.29) is 12.5 Å². The average Bonchev–Trinajstić information content (AvgIpc) is 3.08. The summed E-state index contributed by atoms with van der Waals surface area (Å²) in [5.41, 5.74) is 1.96. The highest BCUT2D eigenvalue weighted by molar-refractivity contribution is 5.91. The molecule has 0 saturated carbocycles. The van der Waals surface area contributed by atoms with Crippen molar-refractivity contribution in [2.45, 2.75) is 46.5 Å². The molecule has 0 atom stereocenters. The Balaban J connectivity index is 1.63. The van der Waals surface area contributed by atoms with Gasteiger partial charge in [-0.1, -0.05) is 30.3 Å². The largest absolute Gasteiger partial charge is 0.444 e. The van der Waals surface area contributed by atoms with E-state index >= 15 is 0 Å². The molecule has 0 radical (unpaired) electrons. The number of nitrogens with one attached hydrogen (secondary N) is 1. The second-order valence-corrected chi connectivity index (χ2v) is 8.16. The minimum atomic E-state index is -0.630. The van der Waals surface area contributed by atoms with Crippen LogP contribution >= 0.6 is 0 Å².